The van der Waals surface area contributed by atoms with Crippen LogP contribution in [0.4, 0.5) is 5.69 Å². The van der Waals surface area contributed by atoms with Crippen LogP contribution in [0.15, 0.2) is 30.5 Å². The quantitative estimate of drug-likeness (QED) is 0.886. The van der Waals surface area contributed by atoms with Crippen LogP contribution < -0.4 is 15.4 Å². The van der Waals surface area contributed by atoms with Crippen LogP contribution in [0.25, 0.3) is 10.8 Å². The highest BCUT2D eigenvalue weighted by molar-refractivity contribution is 5.89. The summed E-state index contributed by atoms with van der Waals surface area (Å²) in [6, 6.07) is 8.27. The molecule has 100 valence electrons. The van der Waals surface area contributed by atoms with Crippen molar-refractivity contribution in [2.75, 3.05) is 25.5 Å². The molecule has 1 saturated heterocycles. The van der Waals surface area contributed by atoms with E-state index < -0.39 is 0 Å². The minimum atomic E-state index is 0.281. The predicted molar refractivity (Wildman–Crippen MR) is 77.8 cm³/mol. The average Bonchev–Trinajstić information content (AvgIpc) is 2.48. The van der Waals surface area contributed by atoms with E-state index in [1.165, 1.54) is 0 Å². The highest BCUT2D eigenvalue weighted by Gasteiger charge is 2.16. The fourth-order valence-electron chi connectivity index (χ4n) is 2.47. The van der Waals surface area contributed by atoms with Gasteiger partial charge in [0.1, 0.15) is 6.10 Å². The van der Waals surface area contributed by atoms with Crippen molar-refractivity contribution in [1.29, 1.82) is 0 Å². The van der Waals surface area contributed by atoms with E-state index in [9.17, 15) is 0 Å². The molecule has 0 aliphatic carbocycles. The van der Waals surface area contributed by atoms with Gasteiger partial charge in [0.15, 0.2) is 0 Å². The highest BCUT2D eigenvalue weighted by Crippen LogP contribution is 2.27. The number of piperidine rings is 1. The van der Waals surface area contributed by atoms with E-state index in [-0.39, 0.29) is 6.10 Å². The highest BCUT2D eigenvalue weighted by atomic mass is 16.5. The second-order valence-electron chi connectivity index (χ2n) is 4.87. The van der Waals surface area contributed by atoms with E-state index in [0.717, 1.165) is 48.3 Å². The summed E-state index contributed by atoms with van der Waals surface area (Å²) >= 11 is 0. The third kappa shape index (κ3) is 2.63. The number of anilines is 1. The number of rotatable bonds is 3. The molecule has 2 aromatic rings. The van der Waals surface area contributed by atoms with E-state index in [1.54, 1.807) is 0 Å². The first kappa shape index (κ1) is 12.2. The van der Waals surface area contributed by atoms with Gasteiger partial charge in [0.25, 0.3) is 0 Å². The van der Waals surface area contributed by atoms with Crippen molar-refractivity contribution in [1.82, 2.24) is 10.3 Å². The van der Waals surface area contributed by atoms with Crippen LogP contribution in [0.2, 0.25) is 0 Å². The van der Waals surface area contributed by atoms with Gasteiger partial charge in [-0.2, -0.15) is 0 Å². The van der Waals surface area contributed by atoms with Gasteiger partial charge < -0.3 is 15.4 Å². The largest absolute Gasteiger partial charge is 0.474 e. The zero-order valence-corrected chi connectivity index (χ0v) is 11.1. The van der Waals surface area contributed by atoms with Gasteiger partial charge in [-0.1, -0.05) is 0 Å². The Morgan fingerprint density at radius 2 is 2.11 bits per heavy atom. The van der Waals surface area contributed by atoms with Crippen LogP contribution in [-0.2, 0) is 0 Å². The third-order valence-corrected chi connectivity index (χ3v) is 3.58. The summed E-state index contributed by atoms with van der Waals surface area (Å²) in [5.74, 6) is 0.757. The Bertz CT molecular complexity index is 564. The number of ether oxygens (including phenoxy) is 1. The number of hydrogen-bond donors (Lipinski definition) is 2. The standard InChI is InChI=1S/C15H19N3O/c1-16-12-2-3-14-11(10-12)4-9-18-15(14)19-13-5-7-17-8-6-13/h2-4,9-10,13,16-17H,5-8H2,1H3. The Morgan fingerprint density at radius 1 is 1.26 bits per heavy atom. The predicted octanol–water partition coefficient (Wildman–Crippen LogP) is 2.41. The fraction of sp³-hybridized carbons (Fsp3) is 0.400. The first-order valence-corrected chi connectivity index (χ1v) is 6.81. The average molecular weight is 257 g/mol. The monoisotopic (exact) mass is 257 g/mol. The first-order chi connectivity index (χ1) is 9.36. The van der Waals surface area contributed by atoms with Crippen molar-refractivity contribution >= 4 is 16.5 Å². The third-order valence-electron chi connectivity index (χ3n) is 3.58. The number of aromatic nitrogens is 1. The van der Waals surface area contributed by atoms with Gasteiger partial charge in [0.2, 0.25) is 5.88 Å². The van der Waals surface area contributed by atoms with E-state index in [0.29, 0.717) is 0 Å². The lowest BCUT2D eigenvalue weighted by Crippen LogP contribution is -2.34. The van der Waals surface area contributed by atoms with Crippen molar-refractivity contribution in [3.8, 4) is 5.88 Å². The zero-order chi connectivity index (χ0) is 13.1. The molecule has 3 rings (SSSR count). The van der Waals surface area contributed by atoms with Crippen LogP contribution in [0.1, 0.15) is 12.8 Å². The molecule has 2 N–H and O–H groups in total. The van der Waals surface area contributed by atoms with Gasteiger partial charge in [-0.3, -0.25) is 0 Å². The van der Waals surface area contributed by atoms with Gasteiger partial charge in [-0.15, -0.1) is 0 Å². The van der Waals surface area contributed by atoms with Gasteiger partial charge in [-0.05, 0) is 55.6 Å². The minimum absolute atomic E-state index is 0.281. The second kappa shape index (κ2) is 5.45. The molecule has 1 aromatic heterocycles. The van der Waals surface area contributed by atoms with Crippen molar-refractivity contribution in [3.05, 3.63) is 30.5 Å². The summed E-state index contributed by atoms with van der Waals surface area (Å²) in [6.45, 7) is 2.05. The molecule has 4 heteroatoms. The Morgan fingerprint density at radius 3 is 2.89 bits per heavy atom. The maximum atomic E-state index is 6.07. The Kier molecular flexibility index (Phi) is 3.51. The minimum Gasteiger partial charge on any atom is -0.474 e. The van der Waals surface area contributed by atoms with Gasteiger partial charge in [-0.25, -0.2) is 4.98 Å². The molecule has 1 aromatic carbocycles. The normalized spacial score (nSPS) is 16.5. The molecule has 2 heterocycles. The maximum Gasteiger partial charge on any atom is 0.221 e. The Labute approximate surface area is 113 Å². The summed E-state index contributed by atoms with van der Waals surface area (Å²) in [4.78, 5) is 4.39. The van der Waals surface area contributed by atoms with Crippen molar-refractivity contribution in [2.24, 2.45) is 0 Å². The molecule has 4 nitrogen and oxygen atoms in total. The van der Waals surface area contributed by atoms with E-state index in [2.05, 4.69) is 33.8 Å². The van der Waals surface area contributed by atoms with Crippen molar-refractivity contribution < 1.29 is 4.74 Å². The van der Waals surface area contributed by atoms with Crippen LogP contribution >= 0.6 is 0 Å². The molecule has 0 amide bonds. The number of pyridine rings is 1. The topological polar surface area (TPSA) is 46.2 Å². The van der Waals surface area contributed by atoms with Gasteiger partial charge >= 0.3 is 0 Å². The molecule has 0 radical (unpaired) electrons. The van der Waals surface area contributed by atoms with Crippen LogP contribution in [-0.4, -0.2) is 31.2 Å². The van der Waals surface area contributed by atoms with E-state index in [1.807, 2.05) is 19.3 Å². The van der Waals surface area contributed by atoms with E-state index in [4.69, 9.17) is 4.74 Å². The molecule has 1 aliphatic rings. The summed E-state index contributed by atoms with van der Waals surface area (Å²) in [6.07, 6.45) is 4.20. The van der Waals surface area contributed by atoms with Crippen molar-refractivity contribution in [3.63, 3.8) is 0 Å². The molecular formula is C15H19N3O. The van der Waals surface area contributed by atoms with Gasteiger partial charge in [0.05, 0.1) is 0 Å². The molecule has 0 spiro atoms. The molecule has 0 saturated carbocycles. The van der Waals surface area contributed by atoms with Gasteiger partial charge in [0, 0.05) is 24.3 Å². The lowest BCUT2D eigenvalue weighted by Gasteiger charge is -2.23. The smallest absolute Gasteiger partial charge is 0.221 e. The Hall–Kier alpha value is -1.81. The molecule has 1 aliphatic heterocycles. The fourth-order valence-corrected chi connectivity index (χ4v) is 2.47. The first-order valence-electron chi connectivity index (χ1n) is 6.81. The molecule has 19 heavy (non-hydrogen) atoms. The number of hydrogen-bond acceptors (Lipinski definition) is 4. The molecular weight excluding hydrogens is 238 g/mol. The summed E-state index contributed by atoms with van der Waals surface area (Å²) in [5, 5.41) is 8.74. The summed E-state index contributed by atoms with van der Waals surface area (Å²) in [5.41, 5.74) is 1.10. The Balaban J connectivity index is 1.90. The molecule has 0 atom stereocenters. The second-order valence-corrected chi connectivity index (χ2v) is 4.87. The SMILES string of the molecule is CNc1ccc2c(OC3CCNCC3)nccc2c1. The number of fused-ring (bicyclic) bond motifs is 1. The maximum absolute atomic E-state index is 6.07. The zero-order valence-electron chi connectivity index (χ0n) is 11.1. The summed E-state index contributed by atoms with van der Waals surface area (Å²) in [7, 11) is 1.93. The van der Waals surface area contributed by atoms with Crippen LogP contribution in [0.3, 0.4) is 0 Å². The number of nitrogens with zero attached hydrogens (tertiary/aromatic N) is 1. The molecule has 0 bridgehead atoms. The molecule has 1 fully saturated rings. The number of benzene rings is 1. The van der Waals surface area contributed by atoms with Crippen LogP contribution in [0.5, 0.6) is 5.88 Å². The summed E-state index contributed by atoms with van der Waals surface area (Å²) < 4.78 is 6.07. The van der Waals surface area contributed by atoms with Crippen molar-refractivity contribution in [2.45, 2.75) is 18.9 Å². The lowest BCUT2D eigenvalue weighted by molar-refractivity contribution is 0.158. The lowest BCUT2D eigenvalue weighted by atomic mass is 10.1. The number of nitrogens with one attached hydrogen (secondary N) is 2. The molecule has 0 unspecified atom stereocenters. The van der Waals surface area contributed by atoms with Crippen LogP contribution in [0, 0.1) is 0 Å². The van der Waals surface area contributed by atoms with E-state index >= 15 is 0 Å².